The number of allylic oxidation sites excluding steroid dienone is 2. The van der Waals surface area contributed by atoms with Crippen LogP contribution in [0.25, 0.3) is 0 Å². The molecule has 0 amide bonds. The third kappa shape index (κ3) is 2.01. The fourth-order valence-electron chi connectivity index (χ4n) is 3.20. The average molecular weight is 291 g/mol. The third-order valence-corrected chi connectivity index (χ3v) is 4.89. The van der Waals surface area contributed by atoms with Gasteiger partial charge in [-0.05, 0) is 42.4 Å². The van der Waals surface area contributed by atoms with Crippen molar-refractivity contribution in [3.05, 3.63) is 59.6 Å². The Morgan fingerprint density at radius 3 is 2.00 bits per heavy atom. The second-order valence-corrected chi connectivity index (χ2v) is 5.97. The number of hydrogen-bond donors (Lipinski definition) is 0. The predicted octanol–water partition coefficient (Wildman–Crippen LogP) is 5.11. The fourth-order valence-corrected chi connectivity index (χ4v) is 3.46. The second-order valence-electron chi connectivity index (χ2n) is 5.05. The third-order valence-electron chi connectivity index (χ3n) is 4.36. The molecular formula is C16H19Br. The number of benzene rings is 1. The van der Waals surface area contributed by atoms with Gasteiger partial charge in [0.05, 0.1) is 0 Å². The van der Waals surface area contributed by atoms with E-state index in [2.05, 4.69) is 72.4 Å². The Morgan fingerprint density at radius 2 is 1.59 bits per heavy atom. The number of hydrogen-bond acceptors (Lipinski definition) is 0. The molecule has 1 fully saturated rings. The Bertz CT molecular complexity index is 400. The van der Waals surface area contributed by atoms with E-state index >= 15 is 0 Å². The van der Waals surface area contributed by atoms with Crippen molar-refractivity contribution in [2.75, 3.05) is 0 Å². The minimum absolute atomic E-state index is 0.157. The first kappa shape index (κ1) is 12.6. The first-order valence-corrected chi connectivity index (χ1v) is 6.93. The maximum absolute atomic E-state index is 4.01. The van der Waals surface area contributed by atoms with Gasteiger partial charge in [0.1, 0.15) is 0 Å². The lowest BCUT2D eigenvalue weighted by Crippen LogP contribution is -2.31. The van der Waals surface area contributed by atoms with Crippen molar-refractivity contribution >= 4 is 15.9 Å². The van der Waals surface area contributed by atoms with Crippen molar-refractivity contribution < 1.29 is 0 Å². The molecular weight excluding hydrogens is 272 g/mol. The molecule has 2 rings (SSSR count). The van der Waals surface area contributed by atoms with Gasteiger partial charge in [-0.1, -0.05) is 47.1 Å². The van der Waals surface area contributed by atoms with Crippen molar-refractivity contribution in [3.8, 4) is 0 Å². The SMILES string of the molecule is C=C[C@@H]1CC[C@@H](C=C)C1(C)c1ccc(Br)cc1. The van der Waals surface area contributed by atoms with Crippen LogP contribution in [0.4, 0.5) is 0 Å². The molecule has 90 valence electrons. The molecule has 0 spiro atoms. The summed E-state index contributed by atoms with van der Waals surface area (Å²) in [5.41, 5.74) is 1.55. The van der Waals surface area contributed by atoms with Gasteiger partial charge in [0.15, 0.2) is 0 Å². The summed E-state index contributed by atoms with van der Waals surface area (Å²) < 4.78 is 1.13. The van der Waals surface area contributed by atoms with E-state index in [0.29, 0.717) is 11.8 Å². The lowest BCUT2D eigenvalue weighted by atomic mass is 9.69. The smallest absolute Gasteiger partial charge is 0.0175 e. The molecule has 0 unspecified atom stereocenters. The molecule has 0 aliphatic heterocycles. The highest BCUT2D eigenvalue weighted by Crippen LogP contribution is 2.50. The maximum atomic E-state index is 4.01. The second kappa shape index (κ2) is 4.81. The summed E-state index contributed by atoms with van der Waals surface area (Å²) in [5.74, 6) is 1.10. The van der Waals surface area contributed by atoms with Crippen molar-refractivity contribution in [1.82, 2.24) is 0 Å². The summed E-state index contributed by atoms with van der Waals surface area (Å²) >= 11 is 3.50. The fraction of sp³-hybridized carbons (Fsp3) is 0.375. The quantitative estimate of drug-likeness (QED) is 0.679. The molecule has 0 N–H and O–H groups in total. The summed E-state index contributed by atoms with van der Waals surface area (Å²) in [4.78, 5) is 0. The van der Waals surface area contributed by atoms with Gasteiger partial charge >= 0.3 is 0 Å². The summed E-state index contributed by atoms with van der Waals surface area (Å²) in [6.45, 7) is 10.4. The van der Waals surface area contributed by atoms with Gasteiger partial charge in [-0.2, -0.15) is 0 Å². The average Bonchev–Trinajstić information content (AvgIpc) is 2.67. The Hall–Kier alpha value is -0.820. The molecule has 1 aromatic rings. The first-order chi connectivity index (χ1) is 8.12. The molecule has 0 aromatic heterocycles. The largest absolute Gasteiger partial charge is 0.103 e. The minimum Gasteiger partial charge on any atom is -0.103 e. The van der Waals surface area contributed by atoms with Gasteiger partial charge in [0.2, 0.25) is 0 Å². The molecule has 0 nitrogen and oxygen atoms in total. The zero-order valence-corrected chi connectivity index (χ0v) is 11.9. The minimum atomic E-state index is 0.157. The molecule has 1 saturated carbocycles. The van der Waals surface area contributed by atoms with Crippen molar-refractivity contribution in [1.29, 1.82) is 0 Å². The number of halogens is 1. The van der Waals surface area contributed by atoms with E-state index in [-0.39, 0.29) is 5.41 Å². The first-order valence-electron chi connectivity index (χ1n) is 6.14. The molecule has 0 heterocycles. The summed E-state index contributed by atoms with van der Waals surface area (Å²) in [6, 6.07) is 8.70. The molecule has 2 atom stereocenters. The van der Waals surface area contributed by atoms with Gasteiger partial charge < -0.3 is 0 Å². The lowest BCUT2D eigenvalue weighted by Gasteiger charge is -2.35. The van der Waals surface area contributed by atoms with Crippen LogP contribution in [-0.4, -0.2) is 0 Å². The molecule has 1 aromatic carbocycles. The predicted molar refractivity (Wildman–Crippen MR) is 78.1 cm³/mol. The topological polar surface area (TPSA) is 0 Å². The molecule has 0 bridgehead atoms. The van der Waals surface area contributed by atoms with Gasteiger partial charge in [-0.25, -0.2) is 0 Å². The van der Waals surface area contributed by atoms with Crippen LogP contribution in [0.2, 0.25) is 0 Å². The Kier molecular flexibility index (Phi) is 3.58. The zero-order valence-electron chi connectivity index (χ0n) is 10.3. The molecule has 17 heavy (non-hydrogen) atoms. The van der Waals surface area contributed by atoms with E-state index in [4.69, 9.17) is 0 Å². The highest BCUT2D eigenvalue weighted by atomic mass is 79.9. The van der Waals surface area contributed by atoms with Crippen molar-refractivity contribution in [2.45, 2.75) is 25.2 Å². The van der Waals surface area contributed by atoms with E-state index in [1.807, 2.05) is 0 Å². The van der Waals surface area contributed by atoms with Gasteiger partial charge in [0.25, 0.3) is 0 Å². The van der Waals surface area contributed by atoms with Crippen LogP contribution in [0.3, 0.4) is 0 Å². The Labute approximate surface area is 113 Å². The van der Waals surface area contributed by atoms with E-state index in [1.165, 1.54) is 18.4 Å². The molecule has 1 heteroatoms. The van der Waals surface area contributed by atoms with Crippen LogP contribution in [0.5, 0.6) is 0 Å². The summed E-state index contributed by atoms with van der Waals surface area (Å²) in [6.07, 6.45) is 6.66. The van der Waals surface area contributed by atoms with Crippen molar-refractivity contribution in [2.24, 2.45) is 11.8 Å². The highest BCUT2D eigenvalue weighted by Gasteiger charge is 2.44. The van der Waals surface area contributed by atoms with Crippen LogP contribution in [0.1, 0.15) is 25.3 Å². The van der Waals surface area contributed by atoms with Gasteiger partial charge in [0, 0.05) is 9.89 Å². The van der Waals surface area contributed by atoms with Crippen molar-refractivity contribution in [3.63, 3.8) is 0 Å². The standard InChI is InChI=1S/C16H19Br/c1-4-12-6-7-13(5-2)16(12,3)14-8-10-15(17)11-9-14/h4-5,8-13H,1-2,6-7H2,3H3/t12-,13-/m1/s1. The highest BCUT2D eigenvalue weighted by molar-refractivity contribution is 9.10. The Balaban J connectivity index is 2.46. The van der Waals surface area contributed by atoms with Crippen LogP contribution >= 0.6 is 15.9 Å². The van der Waals surface area contributed by atoms with Gasteiger partial charge in [-0.3, -0.25) is 0 Å². The van der Waals surface area contributed by atoms with Crippen LogP contribution in [-0.2, 0) is 5.41 Å². The molecule has 0 saturated heterocycles. The normalized spacial score (nSPS) is 26.7. The van der Waals surface area contributed by atoms with Crippen LogP contribution in [0.15, 0.2) is 54.0 Å². The van der Waals surface area contributed by atoms with Gasteiger partial charge in [-0.15, -0.1) is 13.2 Å². The van der Waals surface area contributed by atoms with E-state index in [0.717, 1.165) is 4.47 Å². The summed E-state index contributed by atoms with van der Waals surface area (Å²) in [5, 5.41) is 0. The molecule has 1 aliphatic rings. The molecule has 1 aliphatic carbocycles. The lowest BCUT2D eigenvalue weighted by molar-refractivity contribution is 0.348. The maximum Gasteiger partial charge on any atom is 0.0175 e. The summed E-state index contributed by atoms with van der Waals surface area (Å²) in [7, 11) is 0. The van der Waals surface area contributed by atoms with E-state index in [9.17, 15) is 0 Å². The zero-order chi connectivity index (χ0) is 12.5. The van der Waals surface area contributed by atoms with Crippen LogP contribution in [0, 0.1) is 11.8 Å². The monoisotopic (exact) mass is 290 g/mol. The van der Waals surface area contributed by atoms with E-state index < -0.39 is 0 Å². The van der Waals surface area contributed by atoms with E-state index in [1.54, 1.807) is 0 Å². The Morgan fingerprint density at radius 1 is 1.12 bits per heavy atom. The van der Waals surface area contributed by atoms with Crippen LogP contribution < -0.4 is 0 Å². The number of rotatable bonds is 3. The molecule has 0 radical (unpaired) electrons.